The van der Waals surface area contributed by atoms with Crippen molar-refractivity contribution in [3.05, 3.63) is 53.9 Å². The number of aryl methyl sites for hydroxylation is 1. The van der Waals surface area contributed by atoms with Crippen LogP contribution in [0.25, 0.3) is 0 Å². The summed E-state index contributed by atoms with van der Waals surface area (Å²) in [4.78, 5) is 21.4. The van der Waals surface area contributed by atoms with Crippen LogP contribution in [0, 0.1) is 6.92 Å². The van der Waals surface area contributed by atoms with Crippen molar-refractivity contribution in [3.63, 3.8) is 0 Å². The highest BCUT2D eigenvalue weighted by Crippen LogP contribution is 2.22. The van der Waals surface area contributed by atoms with E-state index in [1.807, 2.05) is 43.3 Å². The highest BCUT2D eigenvalue weighted by molar-refractivity contribution is 6.08. The van der Waals surface area contributed by atoms with Crippen LogP contribution in [0.1, 0.15) is 16.1 Å². The Hall–Kier alpha value is -2.40. The highest BCUT2D eigenvalue weighted by Gasteiger charge is 2.19. The van der Waals surface area contributed by atoms with Gasteiger partial charge in [0.1, 0.15) is 0 Å². The van der Waals surface area contributed by atoms with Gasteiger partial charge in [0, 0.05) is 37.6 Å². The quantitative estimate of drug-likeness (QED) is 0.946. The predicted molar refractivity (Wildman–Crippen MR) is 93.1 cm³/mol. The molecule has 1 amide bonds. The summed E-state index contributed by atoms with van der Waals surface area (Å²) in [6.07, 6.45) is 1.69. The molecule has 3 rings (SSSR count). The molecule has 0 unspecified atom stereocenters. The molecule has 1 fully saturated rings. The van der Waals surface area contributed by atoms with Crippen molar-refractivity contribution >= 4 is 17.3 Å². The van der Waals surface area contributed by atoms with Gasteiger partial charge < -0.3 is 15.1 Å². The number of nitrogens with one attached hydrogen (secondary N) is 1. The van der Waals surface area contributed by atoms with Crippen LogP contribution in [0.2, 0.25) is 0 Å². The van der Waals surface area contributed by atoms with Crippen LogP contribution in [0.15, 0.2) is 42.6 Å². The van der Waals surface area contributed by atoms with Crippen LogP contribution < -0.4 is 10.2 Å². The standard InChI is InChI=1S/C18H22N4O/c1-14-7-8-15(13-19-14)20-18(23)16-5-3-4-6-17(16)22-11-9-21(2)10-12-22/h3-8,13H,9-12H2,1-2H3,(H,20,23). The molecule has 1 aromatic carbocycles. The third kappa shape index (κ3) is 3.68. The molecule has 1 aliphatic rings. The van der Waals surface area contributed by atoms with Crippen LogP contribution in [-0.4, -0.2) is 49.0 Å². The van der Waals surface area contributed by atoms with Crippen LogP contribution >= 0.6 is 0 Å². The van der Waals surface area contributed by atoms with Gasteiger partial charge in [-0.2, -0.15) is 0 Å². The Morgan fingerprint density at radius 3 is 2.52 bits per heavy atom. The minimum Gasteiger partial charge on any atom is -0.368 e. The topological polar surface area (TPSA) is 48.5 Å². The number of nitrogens with zero attached hydrogens (tertiary/aromatic N) is 3. The summed E-state index contributed by atoms with van der Waals surface area (Å²) in [5.41, 5.74) is 3.35. The molecule has 5 nitrogen and oxygen atoms in total. The number of benzene rings is 1. The second-order valence-electron chi connectivity index (χ2n) is 5.95. The first-order valence-electron chi connectivity index (χ1n) is 7.90. The summed E-state index contributed by atoms with van der Waals surface area (Å²) in [6, 6.07) is 11.6. The Bertz CT molecular complexity index is 676. The molecule has 0 atom stereocenters. The normalized spacial score (nSPS) is 15.5. The number of rotatable bonds is 3. The molecule has 1 aromatic heterocycles. The van der Waals surface area contributed by atoms with Crippen molar-refractivity contribution in [1.82, 2.24) is 9.88 Å². The van der Waals surface area contributed by atoms with Gasteiger partial charge in [-0.25, -0.2) is 0 Å². The fraction of sp³-hybridized carbons (Fsp3) is 0.333. The van der Waals surface area contributed by atoms with Gasteiger partial charge in [-0.1, -0.05) is 12.1 Å². The number of carbonyl (C=O) groups excluding carboxylic acids is 1. The molecule has 0 radical (unpaired) electrons. The van der Waals surface area contributed by atoms with Crippen molar-refractivity contribution in [1.29, 1.82) is 0 Å². The predicted octanol–water partition coefficient (Wildman–Crippen LogP) is 2.39. The maximum Gasteiger partial charge on any atom is 0.257 e. The van der Waals surface area contributed by atoms with E-state index in [1.54, 1.807) is 6.20 Å². The van der Waals surface area contributed by atoms with Gasteiger partial charge in [-0.05, 0) is 38.2 Å². The Morgan fingerprint density at radius 2 is 1.83 bits per heavy atom. The molecule has 1 aliphatic heterocycles. The summed E-state index contributed by atoms with van der Waals surface area (Å²) in [7, 11) is 2.13. The second kappa shape index (κ2) is 6.79. The number of carbonyl (C=O) groups is 1. The van der Waals surface area contributed by atoms with E-state index in [9.17, 15) is 4.79 Å². The molecule has 0 saturated carbocycles. The molecule has 5 heteroatoms. The Labute approximate surface area is 136 Å². The third-order valence-corrected chi connectivity index (χ3v) is 4.16. The summed E-state index contributed by atoms with van der Waals surface area (Å²) in [5, 5.41) is 2.94. The van der Waals surface area contributed by atoms with Crippen molar-refractivity contribution in [3.8, 4) is 0 Å². The number of pyridine rings is 1. The van der Waals surface area contributed by atoms with Gasteiger partial charge in [0.25, 0.3) is 5.91 Å². The summed E-state index contributed by atoms with van der Waals surface area (Å²) < 4.78 is 0. The van der Waals surface area contributed by atoms with Gasteiger partial charge in [0.2, 0.25) is 0 Å². The van der Waals surface area contributed by atoms with E-state index in [0.29, 0.717) is 11.3 Å². The molecule has 23 heavy (non-hydrogen) atoms. The first-order chi connectivity index (χ1) is 11.1. The van der Waals surface area contributed by atoms with Crippen LogP contribution in [0.5, 0.6) is 0 Å². The van der Waals surface area contributed by atoms with Crippen molar-refractivity contribution in [2.75, 3.05) is 43.4 Å². The maximum atomic E-state index is 12.7. The van der Waals surface area contributed by atoms with Gasteiger partial charge in [-0.15, -0.1) is 0 Å². The summed E-state index contributed by atoms with van der Waals surface area (Å²) in [6.45, 7) is 5.82. The number of piperazine rings is 1. The van der Waals surface area contributed by atoms with E-state index in [2.05, 4.69) is 27.1 Å². The summed E-state index contributed by atoms with van der Waals surface area (Å²) >= 11 is 0. The molecule has 2 heterocycles. The minimum absolute atomic E-state index is 0.0924. The number of likely N-dealkylation sites (N-methyl/N-ethyl adjacent to an activating group) is 1. The first-order valence-corrected chi connectivity index (χ1v) is 7.90. The minimum atomic E-state index is -0.0924. The zero-order valence-corrected chi connectivity index (χ0v) is 13.6. The molecule has 0 spiro atoms. The van der Waals surface area contributed by atoms with E-state index in [0.717, 1.165) is 37.6 Å². The fourth-order valence-electron chi connectivity index (χ4n) is 2.73. The monoisotopic (exact) mass is 310 g/mol. The molecule has 0 bridgehead atoms. The third-order valence-electron chi connectivity index (χ3n) is 4.16. The van der Waals surface area contributed by atoms with Gasteiger partial charge in [-0.3, -0.25) is 9.78 Å². The lowest BCUT2D eigenvalue weighted by atomic mass is 10.1. The van der Waals surface area contributed by atoms with Gasteiger partial charge >= 0.3 is 0 Å². The van der Waals surface area contributed by atoms with E-state index in [-0.39, 0.29) is 5.91 Å². The average molecular weight is 310 g/mol. The maximum absolute atomic E-state index is 12.7. The average Bonchev–Trinajstić information content (AvgIpc) is 2.58. The van der Waals surface area contributed by atoms with E-state index < -0.39 is 0 Å². The molecule has 0 aliphatic carbocycles. The fourth-order valence-corrected chi connectivity index (χ4v) is 2.73. The van der Waals surface area contributed by atoms with E-state index in [4.69, 9.17) is 0 Å². The van der Waals surface area contributed by atoms with E-state index >= 15 is 0 Å². The van der Waals surface area contributed by atoms with E-state index in [1.165, 1.54) is 0 Å². The van der Waals surface area contributed by atoms with Gasteiger partial charge in [0.15, 0.2) is 0 Å². The lowest BCUT2D eigenvalue weighted by Gasteiger charge is -2.35. The zero-order chi connectivity index (χ0) is 16.2. The largest absolute Gasteiger partial charge is 0.368 e. The Balaban J connectivity index is 1.79. The van der Waals surface area contributed by atoms with Crippen LogP contribution in [0.3, 0.4) is 0 Å². The van der Waals surface area contributed by atoms with Crippen LogP contribution in [0.4, 0.5) is 11.4 Å². The zero-order valence-electron chi connectivity index (χ0n) is 13.6. The molecule has 120 valence electrons. The Kier molecular flexibility index (Phi) is 4.57. The Morgan fingerprint density at radius 1 is 1.09 bits per heavy atom. The van der Waals surface area contributed by atoms with Gasteiger partial charge in [0.05, 0.1) is 17.4 Å². The highest BCUT2D eigenvalue weighted by atomic mass is 16.1. The lowest BCUT2D eigenvalue weighted by molar-refractivity contribution is 0.102. The number of aromatic nitrogens is 1. The molecular weight excluding hydrogens is 288 g/mol. The molecule has 1 N–H and O–H groups in total. The molecule has 1 saturated heterocycles. The molecule has 2 aromatic rings. The SMILES string of the molecule is Cc1ccc(NC(=O)c2ccccc2N2CCN(C)CC2)cn1. The number of amides is 1. The number of hydrogen-bond donors (Lipinski definition) is 1. The summed E-state index contributed by atoms with van der Waals surface area (Å²) in [5.74, 6) is -0.0924. The van der Waals surface area contributed by atoms with Crippen molar-refractivity contribution in [2.45, 2.75) is 6.92 Å². The smallest absolute Gasteiger partial charge is 0.257 e. The number of anilines is 2. The molecular formula is C18H22N4O. The number of para-hydroxylation sites is 1. The lowest BCUT2D eigenvalue weighted by Crippen LogP contribution is -2.45. The van der Waals surface area contributed by atoms with Crippen molar-refractivity contribution < 1.29 is 4.79 Å². The second-order valence-corrected chi connectivity index (χ2v) is 5.95. The van der Waals surface area contributed by atoms with Crippen LogP contribution in [-0.2, 0) is 0 Å². The first kappa shape index (κ1) is 15.5. The number of hydrogen-bond acceptors (Lipinski definition) is 4. The van der Waals surface area contributed by atoms with Crippen molar-refractivity contribution in [2.24, 2.45) is 0 Å².